The van der Waals surface area contributed by atoms with Gasteiger partial charge < -0.3 is 18.9 Å². The Morgan fingerprint density at radius 3 is 2.47 bits per heavy atom. The van der Waals surface area contributed by atoms with Crippen LogP contribution in [0.4, 0.5) is 19.0 Å². The van der Waals surface area contributed by atoms with Crippen LogP contribution in [-0.2, 0) is 6.61 Å². The molecule has 0 N–H and O–H groups in total. The Morgan fingerprint density at radius 2 is 1.71 bits per heavy atom. The van der Waals surface area contributed by atoms with Crippen molar-refractivity contribution in [3.63, 3.8) is 0 Å². The fraction of sp³-hybridized carbons (Fsp3) is 0.292. The van der Waals surface area contributed by atoms with Gasteiger partial charge in [-0.05, 0) is 65.9 Å². The summed E-state index contributed by atoms with van der Waals surface area (Å²) < 4.78 is 52.3. The zero-order chi connectivity index (χ0) is 23.5. The van der Waals surface area contributed by atoms with Crippen molar-refractivity contribution in [2.24, 2.45) is 0 Å². The highest BCUT2D eigenvalue weighted by Gasteiger charge is 2.31. The Morgan fingerprint density at radius 1 is 0.941 bits per heavy atom. The number of nitrogens with zero attached hydrogens (tertiary/aromatic N) is 4. The first-order valence-corrected chi connectivity index (χ1v) is 10.9. The number of aromatic nitrogens is 3. The number of piperidine rings is 1. The van der Waals surface area contributed by atoms with Crippen LogP contribution >= 0.6 is 0 Å². The summed E-state index contributed by atoms with van der Waals surface area (Å²) in [5.41, 5.74) is 2.00. The minimum atomic E-state index is -4.73. The average molecular weight is 470 g/mol. The van der Waals surface area contributed by atoms with Gasteiger partial charge >= 0.3 is 6.36 Å². The van der Waals surface area contributed by atoms with E-state index in [0.29, 0.717) is 28.2 Å². The van der Waals surface area contributed by atoms with E-state index < -0.39 is 6.36 Å². The van der Waals surface area contributed by atoms with Crippen molar-refractivity contribution in [3.8, 4) is 22.8 Å². The number of hydrogen-bond acceptors (Lipinski definition) is 7. The molecule has 1 aliphatic rings. The summed E-state index contributed by atoms with van der Waals surface area (Å²) in [7, 11) is 0. The summed E-state index contributed by atoms with van der Waals surface area (Å²) in [6.07, 6.45) is 0.541. The van der Waals surface area contributed by atoms with Crippen LogP contribution in [0.15, 0.2) is 59.3 Å². The minimum Gasteiger partial charge on any atom is -0.467 e. The van der Waals surface area contributed by atoms with Gasteiger partial charge in [-0.25, -0.2) is 9.97 Å². The summed E-state index contributed by atoms with van der Waals surface area (Å²) in [6.45, 7) is 2.09. The van der Waals surface area contributed by atoms with Crippen LogP contribution in [0.2, 0.25) is 0 Å². The van der Waals surface area contributed by atoms with Crippen molar-refractivity contribution < 1.29 is 27.2 Å². The van der Waals surface area contributed by atoms with Gasteiger partial charge in [-0.3, -0.25) is 0 Å². The molecule has 7 nitrogen and oxygen atoms in total. The highest BCUT2D eigenvalue weighted by atomic mass is 19.4. The Hall–Kier alpha value is -3.82. The maximum atomic E-state index is 12.4. The molecule has 0 saturated carbocycles. The van der Waals surface area contributed by atoms with Gasteiger partial charge in [-0.2, -0.15) is 0 Å². The van der Waals surface area contributed by atoms with Gasteiger partial charge in [0.1, 0.15) is 18.2 Å². The van der Waals surface area contributed by atoms with Crippen molar-refractivity contribution >= 4 is 16.8 Å². The molecule has 0 spiro atoms. The molecule has 1 fully saturated rings. The van der Waals surface area contributed by atoms with E-state index in [1.807, 2.05) is 12.1 Å². The molecule has 1 aliphatic heterocycles. The molecule has 0 unspecified atom stereocenters. The zero-order valence-electron chi connectivity index (χ0n) is 18.1. The lowest BCUT2D eigenvalue weighted by atomic mass is 10.0. The Bertz CT molecular complexity index is 1270. The first-order chi connectivity index (χ1) is 16.4. The van der Waals surface area contributed by atoms with Gasteiger partial charge in [-0.15, -0.1) is 13.2 Å². The molecular weight excluding hydrogens is 449 g/mol. The lowest BCUT2D eigenvalue weighted by molar-refractivity contribution is -0.274. The summed E-state index contributed by atoms with van der Waals surface area (Å²) in [5.74, 6) is 1.44. The number of alkyl halides is 3. The number of halogens is 3. The third kappa shape index (κ3) is 5.05. The predicted molar refractivity (Wildman–Crippen MR) is 119 cm³/mol. The van der Waals surface area contributed by atoms with Crippen LogP contribution in [0.1, 0.15) is 25.1 Å². The van der Waals surface area contributed by atoms with Gasteiger partial charge in [-0.1, -0.05) is 18.2 Å². The normalized spacial score (nSPS) is 14.4. The molecule has 5 rings (SSSR count). The van der Waals surface area contributed by atoms with Gasteiger partial charge in [0.05, 0.1) is 5.39 Å². The molecule has 2 aromatic heterocycles. The van der Waals surface area contributed by atoms with Crippen LogP contribution in [0.5, 0.6) is 11.6 Å². The van der Waals surface area contributed by atoms with E-state index in [1.165, 1.54) is 18.6 Å². The Kier molecular flexibility index (Phi) is 5.95. The zero-order valence-corrected chi connectivity index (χ0v) is 18.1. The highest BCUT2D eigenvalue weighted by Crippen LogP contribution is 2.32. The van der Waals surface area contributed by atoms with Gasteiger partial charge in [0, 0.05) is 19.3 Å². The molecule has 10 heteroatoms. The molecular formula is C24H21F3N4O3. The lowest BCUT2D eigenvalue weighted by Gasteiger charge is -2.27. The molecule has 176 valence electrons. The Balaban J connectivity index is 1.32. The second kappa shape index (κ2) is 9.20. The first kappa shape index (κ1) is 22.0. The lowest BCUT2D eigenvalue weighted by Crippen LogP contribution is -2.30. The SMILES string of the molecule is FC(F)(F)Oc1ccc(-c2ccc3onc(OCc4nccc(N5CCCCC5)n4)c3c2)cc1. The second-order valence-electron chi connectivity index (χ2n) is 7.94. The topological polar surface area (TPSA) is 73.5 Å². The molecule has 0 aliphatic carbocycles. The maximum absolute atomic E-state index is 12.4. The van der Waals surface area contributed by atoms with Crippen LogP contribution in [0.25, 0.3) is 22.1 Å². The molecule has 1 saturated heterocycles. The van der Waals surface area contributed by atoms with Crippen molar-refractivity contribution in [2.75, 3.05) is 18.0 Å². The van der Waals surface area contributed by atoms with E-state index in [-0.39, 0.29) is 12.4 Å². The maximum Gasteiger partial charge on any atom is 0.573 e. The van der Waals surface area contributed by atoms with Crippen LogP contribution in [0, 0.1) is 0 Å². The van der Waals surface area contributed by atoms with E-state index in [9.17, 15) is 13.2 Å². The van der Waals surface area contributed by atoms with E-state index in [4.69, 9.17) is 9.26 Å². The monoisotopic (exact) mass is 470 g/mol. The van der Waals surface area contributed by atoms with Crippen molar-refractivity contribution in [2.45, 2.75) is 32.2 Å². The van der Waals surface area contributed by atoms with Gasteiger partial charge in [0.2, 0.25) is 0 Å². The number of fused-ring (bicyclic) bond motifs is 1. The number of benzene rings is 2. The van der Waals surface area contributed by atoms with Gasteiger partial charge in [0.15, 0.2) is 11.4 Å². The first-order valence-electron chi connectivity index (χ1n) is 10.9. The van der Waals surface area contributed by atoms with E-state index >= 15 is 0 Å². The molecule has 34 heavy (non-hydrogen) atoms. The molecule has 4 aromatic rings. The number of anilines is 1. The second-order valence-corrected chi connectivity index (χ2v) is 7.94. The average Bonchev–Trinajstić information content (AvgIpc) is 3.25. The minimum absolute atomic E-state index is 0.122. The van der Waals surface area contributed by atoms with Crippen LogP contribution in [0.3, 0.4) is 0 Å². The Labute approximate surface area is 193 Å². The van der Waals surface area contributed by atoms with E-state index in [2.05, 4.69) is 24.8 Å². The third-order valence-corrected chi connectivity index (χ3v) is 5.57. The van der Waals surface area contributed by atoms with Crippen LogP contribution in [-0.4, -0.2) is 34.6 Å². The molecule has 0 amide bonds. The fourth-order valence-electron chi connectivity index (χ4n) is 3.94. The number of rotatable bonds is 6. The standard InChI is InChI=1S/C24H21F3N4O3/c25-24(26,27)33-18-7-4-16(5-8-18)17-6-9-20-19(14-17)23(30-34-20)32-15-21-28-11-10-22(29-21)31-12-2-1-3-13-31/h4-11,14H,1-3,12-13,15H2. The molecule has 0 atom stereocenters. The summed E-state index contributed by atoms with van der Waals surface area (Å²) >= 11 is 0. The number of ether oxygens (including phenoxy) is 2. The fourth-order valence-corrected chi connectivity index (χ4v) is 3.94. The van der Waals surface area contributed by atoms with Crippen molar-refractivity contribution in [3.05, 3.63) is 60.6 Å². The molecule has 0 bridgehead atoms. The van der Waals surface area contributed by atoms with Crippen molar-refractivity contribution in [1.29, 1.82) is 0 Å². The van der Waals surface area contributed by atoms with Crippen LogP contribution < -0.4 is 14.4 Å². The summed E-state index contributed by atoms with van der Waals surface area (Å²) in [4.78, 5) is 11.2. The quantitative estimate of drug-likeness (QED) is 0.355. The summed E-state index contributed by atoms with van der Waals surface area (Å²) in [5, 5.41) is 4.64. The predicted octanol–water partition coefficient (Wildman–Crippen LogP) is 5.75. The molecule has 2 aromatic carbocycles. The van der Waals surface area contributed by atoms with E-state index in [1.54, 1.807) is 30.5 Å². The summed E-state index contributed by atoms with van der Waals surface area (Å²) in [6, 6.07) is 12.9. The van der Waals surface area contributed by atoms with Crippen molar-refractivity contribution in [1.82, 2.24) is 15.1 Å². The largest absolute Gasteiger partial charge is 0.573 e. The third-order valence-electron chi connectivity index (χ3n) is 5.57. The molecule has 3 heterocycles. The molecule has 0 radical (unpaired) electrons. The van der Waals surface area contributed by atoms with Gasteiger partial charge in [0.25, 0.3) is 5.88 Å². The smallest absolute Gasteiger partial charge is 0.467 e. The number of hydrogen-bond donors (Lipinski definition) is 0. The highest BCUT2D eigenvalue weighted by molar-refractivity contribution is 5.87. The van der Waals surface area contributed by atoms with E-state index in [0.717, 1.165) is 37.3 Å².